The van der Waals surface area contributed by atoms with Crippen LogP contribution < -0.4 is 10.6 Å². The predicted molar refractivity (Wildman–Crippen MR) is 95.8 cm³/mol. The molecule has 2 N–H and O–H groups in total. The molecule has 0 saturated carbocycles. The van der Waals surface area contributed by atoms with Crippen molar-refractivity contribution in [1.82, 2.24) is 20.8 Å². The fourth-order valence-electron chi connectivity index (χ4n) is 2.22. The summed E-state index contributed by atoms with van der Waals surface area (Å²) in [6.07, 6.45) is 0. The Hall–Kier alpha value is -3.26. The van der Waals surface area contributed by atoms with E-state index in [0.717, 1.165) is 6.07 Å². The number of aromatic nitrogens is 2. The number of amides is 2. The second-order valence-corrected chi connectivity index (χ2v) is 5.89. The van der Waals surface area contributed by atoms with Gasteiger partial charge in [0.2, 0.25) is 5.82 Å². The van der Waals surface area contributed by atoms with Crippen molar-refractivity contribution in [2.24, 2.45) is 0 Å². The fraction of sp³-hybridized carbons (Fsp3) is 0.111. The quantitative estimate of drug-likeness (QED) is 0.633. The lowest BCUT2D eigenvalue weighted by Gasteiger charge is -2.05. The molecule has 0 aliphatic carbocycles. The number of hydrogen-bond acceptors (Lipinski definition) is 5. The molecule has 1 heterocycles. The highest BCUT2D eigenvalue weighted by Gasteiger charge is 2.16. The first-order valence-corrected chi connectivity index (χ1v) is 8.32. The summed E-state index contributed by atoms with van der Waals surface area (Å²) in [6.45, 7) is 0.283. The van der Waals surface area contributed by atoms with E-state index in [2.05, 4.69) is 20.8 Å². The molecule has 0 unspecified atom stereocenters. The number of halogens is 2. The first-order chi connectivity index (χ1) is 13.0. The summed E-state index contributed by atoms with van der Waals surface area (Å²) in [5.41, 5.74) is 0.817. The maximum atomic E-state index is 13.1. The van der Waals surface area contributed by atoms with Gasteiger partial charge < -0.3 is 15.2 Å². The molecule has 7 nitrogen and oxygen atoms in total. The third-order valence-electron chi connectivity index (χ3n) is 3.49. The van der Waals surface area contributed by atoms with Gasteiger partial charge in [-0.2, -0.15) is 4.98 Å². The van der Waals surface area contributed by atoms with Crippen molar-refractivity contribution in [2.45, 2.75) is 0 Å². The van der Waals surface area contributed by atoms with Gasteiger partial charge in [-0.05, 0) is 30.3 Å². The Balaban J connectivity index is 1.49. The fourth-order valence-corrected chi connectivity index (χ4v) is 2.41. The van der Waals surface area contributed by atoms with Crippen LogP contribution >= 0.6 is 11.6 Å². The van der Waals surface area contributed by atoms with Crippen LogP contribution in [-0.2, 0) is 0 Å². The lowest BCUT2D eigenvalue weighted by atomic mass is 10.2. The number of nitrogens with zero attached hydrogens (tertiary/aromatic N) is 2. The topological polar surface area (TPSA) is 97.1 Å². The van der Waals surface area contributed by atoms with Crippen LogP contribution in [0.3, 0.4) is 0 Å². The van der Waals surface area contributed by atoms with E-state index in [9.17, 15) is 14.0 Å². The molecule has 138 valence electrons. The van der Waals surface area contributed by atoms with E-state index in [1.165, 1.54) is 18.2 Å². The Morgan fingerprint density at radius 2 is 1.78 bits per heavy atom. The Morgan fingerprint density at radius 3 is 2.52 bits per heavy atom. The van der Waals surface area contributed by atoms with Crippen LogP contribution in [0.1, 0.15) is 21.0 Å². The van der Waals surface area contributed by atoms with E-state index in [-0.39, 0.29) is 30.4 Å². The van der Waals surface area contributed by atoms with Crippen molar-refractivity contribution in [3.63, 3.8) is 0 Å². The van der Waals surface area contributed by atoms with Crippen molar-refractivity contribution in [3.8, 4) is 11.4 Å². The minimum Gasteiger partial charge on any atom is -0.350 e. The van der Waals surface area contributed by atoms with Crippen LogP contribution in [0, 0.1) is 5.82 Å². The molecule has 0 atom stereocenters. The lowest BCUT2D eigenvalue weighted by Crippen LogP contribution is -2.34. The molecular formula is C18H14ClFN4O3. The van der Waals surface area contributed by atoms with Crippen LogP contribution in [0.15, 0.2) is 53.1 Å². The highest BCUT2D eigenvalue weighted by Crippen LogP contribution is 2.19. The summed E-state index contributed by atoms with van der Waals surface area (Å²) in [6, 6.07) is 12.1. The molecule has 3 aromatic rings. The molecule has 0 bridgehead atoms. The zero-order valence-electron chi connectivity index (χ0n) is 13.9. The first kappa shape index (κ1) is 18.5. The summed E-state index contributed by atoms with van der Waals surface area (Å²) >= 11 is 5.91. The first-order valence-electron chi connectivity index (χ1n) is 7.94. The highest BCUT2D eigenvalue weighted by molar-refractivity contribution is 6.30. The van der Waals surface area contributed by atoms with Crippen molar-refractivity contribution in [3.05, 3.63) is 70.8 Å². The maximum absolute atomic E-state index is 13.1. The van der Waals surface area contributed by atoms with Gasteiger partial charge in [0.05, 0.1) is 0 Å². The lowest BCUT2D eigenvalue weighted by molar-refractivity contribution is 0.0898. The van der Waals surface area contributed by atoms with Gasteiger partial charge in [-0.1, -0.05) is 35.0 Å². The van der Waals surface area contributed by atoms with E-state index >= 15 is 0 Å². The second kappa shape index (κ2) is 8.41. The van der Waals surface area contributed by atoms with Crippen molar-refractivity contribution in [1.29, 1.82) is 0 Å². The molecule has 0 radical (unpaired) electrons. The van der Waals surface area contributed by atoms with Crippen LogP contribution in [0.4, 0.5) is 4.39 Å². The highest BCUT2D eigenvalue weighted by atomic mass is 35.5. The minimum atomic E-state index is -0.573. The van der Waals surface area contributed by atoms with Crippen molar-refractivity contribution >= 4 is 23.4 Å². The molecule has 0 aliphatic rings. The normalized spacial score (nSPS) is 10.4. The third-order valence-corrected chi connectivity index (χ3v) is 3.72. The number of rotatable bonds is 6. The summed E-state index contributed by atoms with van der Waals surface area (Å²) in [4.78, 5) is 27.9. The van der Waals surface area contributed by atoms with E-state index in [1.54, 1.807) is 24.3 Å². The van der Waals surface area contributed by atoms with Crippen molar-refractivity contribution in [2.75, 3.05) is 13.1 Å². The summed E-state index contributed by atoms with van der Waals surface area (Å²) in [5.74, 6) is -1.48. The predicted octanol–water partition coefficient (Wildman–Crippen LogP) is 2.69. The van der Waals surface area contributed by atoms with Gasteiger partial charge in [0.15, 0.2) is 0 Å². The van der Waals surface area contributed by atoms with Crippen LogP contribution in [0.25, 0.3) is 11.4 Å². The van der Waals surface area contributed by atoms with Crippen LogP contribution in [-0.4, -0.2) is 35.0 Å². The number of benzene rings is 2. The number of carbonyl (C=O) groups is 2. The standard InChI is InChI=1S/C18H14ClFN4O3/c19-13-5-1-3-11(9-13)15-23-18(27-24-15)17(26)22-8-7-21-16(25)12-4-2-6-14(20)10-12/h1-6,9-10H,7-8H2,(H,21,25)(H,22,26). The SMILES string of the molecule is O=C(NCCNC(=O)c1nc(-c2cccc(Cl)c2)no1)c1cccc(F)c1. The van der Waals surface area contributed by atoms with Gasteiger partial charge in [-0.3, -0.25) is 9.59 Å². The van der Waals surface area contributed by atoms with Gasteiger partial charge in [0.25, 0.3) is 5.91 Å². The van der Waals surface area contributed by atoms with E-state index in [1.807, 2.05) is 0 Å². The smallest absolute Gasteiger partial charge is 0.316 e. The average Bonchev–Trinajstić information content (AvgIpc) is 3.15. The molecule has 2 amide bonds. The Kier molecular flexibility index (Phi) is 5.77. The van der Waals surface area contributed by atoms with E-state index < -0.39 is 17.6 Å². The van der Waals surface area contributed by atoms with E-state index in [4.69, 9.17) is 16.1 Å². The molecule has 0 spiro atoms. The third kappa shape index (κ3) is 4.89. The molecule has 0 fully saturated rings. The maximum Gasteiger partial charge on any atom is 0.316 e. The Labute approximate surface area is 158 Å². The molecule has 1 aromatic heterocycles. The zero-order chi connectivity index (χ0) is 19.2. The van der Waals surface area contributed by atoms with Gasteiger partial charge in [0, 0.05) is 29.2 Å². The summed E-state index contributed by atoms with van der Waals surface area (Å²) in [5, 5.41) is 9.37. The Morgan fingerprint density at radius 1 is 1.04 bits per heavy atom. The summed E-state index contributed by atoms with van der Waals surface area (Å²) in [7, 11) is 0. The van der Waals surface area contributed by atoms with Gasteiger partial charge in [-0.15, -0.1) is 0 Å². The second-order valence-electron chi connectivity index (χ2n) is 5.46. The van der Waals surface area contributed by atoms with Crippen LogP contribution in [0.2, 0.25) is 5.02 Å². The van der Waals surface area contributed by atoms with Crippen LogP contribution in [0.5, 0.6) is 0 Å². The molecule has 0 saturated heterocycles. The van der Waals surface area contributed by atoms with Gasteiger partial charge in [-0.25, -0.2) is 4.39 Å². The zero-order valence-corrected chi connectivity index (χ0v) is 14.7. The largest absolute Gasteiger partial charge is 0.350 e. The Bertz CT molecular complexity index is 977. The van der Waals surface area contributed by atoms with Crippen molar-refractivity contribution < 1.29 is 18.5 Å². The van der Waals surface area contributed by atoms with E-state index in [0.29, 0.717) is 10.6 Å². The monoisotopic (exact) mass is 388 g/mol. The molecule has 3 rings (SSSR count). The molecule has 2 aromatic carbocycles. The van der Waals surface area contributed by atoms with Gasteiger partial charge in [0.1, 0.15) is 5.82 Å². The molecule has 27 heavy (non-hydrogen) atoms. The molecule has 0 aliphatic heterocycles. The summed E-state index contributed by atoms with van der Waals surface area (Å²) < 4.78 is 18.0. The average molecular weight is 389 g/mol. The molecule has 9 heteroatoms. The van der Waals surface area contributed by atoms with Gasteiger partial charge >= 0.3 is 11.8 Å². The minimum absolute atomic E-state index is 0.134. The number of carbonyl (C=O) groups excluding carboxylic acids is 2. The number of hydrogen-bond donors (Lipinski definition) is 2. The molecular weight excluding hydrogens is 375 g/mol. The number of nitrogens with one attached hydrogen (secondary N) is 2.